The Labute approximate surface area is 122 Å². The van der Waals surface area contributed by atoms with E-state index in [0.717, 1.165) is 26.3 Å². The maximum Gasteiger partial charge on any atom is 0.0694 e. The van der Waals surface area contributed by atoms with Crippen LogP contribution in [0.5, 0.6) is 0 Å². The highest BCUT2D eigenvalue weighted by Crippen LogP contribution is 2.29. The number of nitrogens with one attached hydrogen (secondary N) is 1. The smallest absolute Gasteiger partial charge is 0.0694 e. The highest BCUT2D eigenvalue weighted by atomic mass is 16.5. The third-order valence-electron chi connectivity index (χ3n) is 3.62. The third kappa shape index (κ3) is 3.70. The van der Waals surface area contributed by atoms with Crippen molar-refractivity contribution in [2.75, 3.05) is 24.7 Å². The molecule has 1 aliphatic heterocycles. The largest absolute Gasteiger partial charge is 0.377 e. The number of morpholine rings is 1. The van der Waals surface area contributed by atoms with Gasteiger partial charge in [0.15, 0.2) is 0 Å². The SMILES string of the molecule is CC(C)(C)NCc1cnccc1N1CCOCC1(C)C. The summed E-state index contributed by atoms with van der Waals surface area (Å²) in [6, 6.07) is 2.12. The molecule has 0 saturated carbocycles. The molecule has 1 N–H and O–H groups in total. The summed E-state index contributed by atoms with van der Waals surface area (Å²) < 4.78 is 5.62. The number of nitrogens with zero attached hydrogens (tertiary/aromatic N) is 2. The van der Waals surface area contributed by atoms with Crippen LogP contribution in [0.3, 0.4) is 0 Å². The second kappa shape index (κ2) is 5.70. The average Bonchev–Trinajstić information content (AvgIpc) is 2.35. The standard InChI is InChI=1S/C16H27N3O/c1-15(2,3)18-11-13-10-17-7-6-14(13)19-8-9-20-12-16(19,4)5/h6-7,10,18H,8-9,11-12H2,1-5H3. The Balaban J connectivity index is 2.23. The van der Waals surface area contributed by atoms with Gasteiger partial charge in [-0.2, -0.15) is 0 Å². The van der Waals surface area contributed by atoms with Crippen LogP contribution in [-0.2, 0) is 11.3 Å². The van der Waals surface area contributed by atoms with Gasteiger partial charge in [-0.15, -0.1) is 0 Å². The Hall–Kier alpha value is -1.13. The van der Waals surface area contributed by atoms with Gasteiger partial charge in [0.2, 0.25) is 0 Å². The van der Waals surface area contributed by atoms with Crippen molar-refractivity contribution in [3.63, 3.8) is 0 Å². The summed E-state index contributed by atoms with van der Waals surface area (Å²) in [6.45, 7) is 14.3. The molecule has 112 valence electrons. The molecule has 1 aromatic heterocycles. The van der Waals surface area contributed by atoms with Gasteiger partial charge in [0.05, 0.1) is 18.8 Å². The molecule has 1 fully saturated rings. The maximum absolute atomic E-state index is 5.62. The van der Waals surface area contributed by atoms with Gasteiger partial charge in [0, 0.05) is 42.3 Å². The van der Waals surface area contributed by atoms with Crippen LogP contribution < -0.4 is 10.2 Å². The van der Waals surface area contributed by atoms with Gasteiger partial charge < -0.3 is 15.0 Å². The van der Waals surface area contributed by atoms with E-state index in [1.165, 1.54) is 11.3 Å². The van der Waals surface area contributed by atoms with Crippen molar-refractivity contribution in [1.29, 1.82) is 0 Å². The van der Waals surface area contributed by atoms with Crippen LogP contribution in [0.2, 0.25) is 0 Å². The molecule has 0 spiro atoms. The normalized spacial score (nSPS) is 19.1. The van der Waals surface area contributed by atoms with E-state index in [-0.39, 0.29) is 11.1 Å². The Morgan fingerprint density at radius 2 is 2.15 bits per heavy atom. The van der Waals surface area contributed by atoms with Gasteiger partial charge in [-0.25, -0.2) is 0 Å². The highest BCUT2D eigenvalue weighted by Gasteiger charge is 2.31. The van der Waals surface area contributed by atoms with E-state index in [0.29, 0.717) is 0 Å². The molecule has 0 aliphatic carbocycles. The van der Waals surface area contributed by atoms with Crippen LogP contribution in [-0.4, -0.2) is 35.8 Å². The zero-order valence-electron chi connectivity index (χ0n) is 13.4. The van der Waals surface area contributed by atoms with Crippen molar-refractivity contribution in [1.82, 2.24) is 10.3 Å². The van der Waals surface area contributed by atoms with E-state index in [1.807, 2.05) is 12.4 Å². The van der Waals surface area contributed by atoms with Crippen LogP contribution in [0.15, 0.2) is 18.5 Å². The number of rotatable bonds is 3. The zero-order chi connectivity index (χ0) is 14.8. The monoisotopic (exact) mass is 277 g/mol. The first-order valence-electron chi connectivity index (χ1n) is 7.33. The van der Waals surface area contributed by atoms with Crippen molar-refractivity contribution >= 4 is 5.69 Å². The summed E-state index contributed by atoms with van der Waals surface area (Å²) in [7, 11) is 0. The molecule has 0 radical (unpaired) electrons. The predicted octanol–water partition coefficient (Wildman–Crippen LogP) is 2.58. The molecule has 1 aliphatic rings. The highest BCUT2D eigenvalue weighted by molar-refractivity contribution is 5.54. The molecule has 1 aromatic rings. The van der Waals surface area contributed by atoms with Gasteiger partial charge in [-0.3, -0.25) is 4.98 Å². The second-order valence-electron chi connectivity index (χ2n) is 7.12. The first-order valence-corrected chi connectivity index (χ1v) is 7.33. The fourth-order valence-corrected chi connectivity index (χ4v) is 2.48. The Morgan fingerprint density at radius 1 is 1.40 bits per heavy atom. The lowest BCUT2D eigenvalue weighted by Gasteiger charge is -2.44. The first kappa shape index (κ1) is 15.3. The molecule has 2 heterocycles. The van der Waals surface area contributed by atoms with E-state index in [4.69, 9.17) is 4.74 Å². The van der Waals surface area contributed by atoms with Crippen molar-refractivity contribution in [2.45, 2.75) is 52.2 Å². The molecular formula is C16H27N3O. The van der Waals surface area contributed by atoms with Gasteiger partial charge >= 0.3 is 0 Å². The van der Waals surface area contributed by atoms with Gasteiger partial charge in [0.1, 0.15) is 0 Å². The Kier molecular flexibility index (Phi) is 4.35. The molecule has 0 aromatic carbocycles. The van der Waals surface area contributed by atoms with Crippen LogP contribution in [0.4, 0.5) is 5.69 Å². The quantitative estimate of drug-likeness (QED) is 0.921. The van der Waals surface area contributed by atoms with E-state index in [9.17, 15) is 0 Å². The lowest BCUT2D eigenvalue weighted by molar-refractivity contribution is 0.0643. The molecule has 4 nitrogen and oxygen atoms in total. The Morgan fingerprint density at radius 3 is 2.80 bits per heavy atom. The van der Waals surface area contributed by atoms with Crippen molar-refractivity contribution in [2.24, 2.45) is 0 Å². The van der Waals surface area contributed by atoms with Crippen LogP contribution in [0.25, 0.3) is 0 Å². The lowest BCUT2D eigenvalue weighted by Crippen LogP contribution is -2.53. The number of hydrogen-bond acceptors (Lipinski definition) is 4. The summed E-state index contributed by atoms with van der Waals surface area (Å²) in [5.74, 6) is 0. The maximum atomic E-state index is 5.62. The zero-order valence-corrected chi connectivity index (χ0v) is 13.4. The van der Waals surface area contributed by atoms with E-state index >= 15 is 0 Å². The van der Waals surface area contributed by atoms with Crippen LogP contribution >= 0.6 is 0 Å². The summed E-state index contributed by atoms with van der Waals surface area (Å²) in [5, 5.41) is 3.55. The molecule has 0 unspecified atom stereocenters. The van der Waals surface area contributed by atoms with Crippen molar-refractivity contribution in [3.05, 3.63) is 24.0 Å². The minimum Gasteiger partial charge on any atom is -0.377 e. The predicted molar refractivity (Wildman–Crippen MR) is 83.1 cm³/mol. The fourth-order valence-electron chi connectivity index (χ4n) is 2.48. The molecule has 20 heavy (non-hydrogen) atoms. The number of anilines is 1. The van der Waals surface area contributed by atoms with Crippen LogP contribution in [0, 0.1) is 0 Å². The van der Waals surface area contributed by atoms with Crippen molar-refractivity contribution in [3.8, 4) is 0 Å². The molecule has 4 heteroatoms. The lowest BCUT2D eigenvalue weighted by atomic mass is 10.00. The van der Waals surface area contributed by atoms with Gasteiger partial charge in [-0.05, 0) is 40.7 Å². The topological polar surface area (TPSA) is 37.4 Å². The summed E-state index contributed by atoms with van der Waals surface area (Å²) in [5.41, 5.74) is 2.64. The minimum absolute atomic E-state index is 0.0239. The molecule has 2 rings (SSSR count). The van der Waals surface area contributed by atoms with Crippen molar-refractivity contribution < 1.29 is 4.74 Å². The molecular weight excluding hydrogens is 250 g/mol. The number of aromatic nitrogens is 1. The van der Waals surface area contributed by atoms with Gasteiger partial charge in [0.25, 0.3) is 0 Å². The van der Waals surface area contributed by atoms with E-state index in [2.05, 4.69) is 55.9 Å². The second-order valence-corrected chi connectivity index (χ2v) is 7.12. The van der Waals surface area contributed by atoms with Gasteiger partial charge in [-0.1, -0.05) is 0 Å². The first-order chi connectivity index (χ1) is 9.30. The summed E-state index contributed by atoms with van der Waals surface area (Å²) in [4.78, 5) is 6.73. The summed E-state index contributed by atoms with van der Waals surface area (Å²) in [6.07, 6.45) is 3.85. The fraction of sp³-hybridized carbons (Fsp3) is 0.688. The molecule has 0 bridgehead atoms. The molecule has 0 amide bonds. The minimum atomic E-state index is 0.0239. The van der Waals surface area contributed by atoms with Crippen LogP contribution in [0.1, 0.15) is 40.2 Å². The number of ether oxygens (including phenoxy) is 1. The third-order valence-corrected chi connectivity index (χ3v) is 3.62. The number of hydrogen-bond donors (Lipinski definition) is 1. The number of pyridine rings is 1. The van der Waals surface area contributed by atoms with E-state index < -0.39 is 0 Å². The summed E-state index contributed by atoms with van der Waals surface area (Å²) >= 11 is 0. The average molecular weight is 277 g/mol. The molecule has 1 saturated heterocycles. The molecule has 0 atom stereocenters. The van der Waals surface area contributed by atoms with E-state index in [1.54, 1.807) is 0 Å². The Bertz CT molecular complexity index is 451.